The van der Waals surface area contributed by atoms with Gasteiger partial charge in [-0.15, -0.1) is 0 Å². The predicted octanol–water partition coefficient (Wildman–Crippen LogP) is 0.212. The van der Waals surface area contributed by atoms with Crippen molar-refractivity contribution in [3.63, 3.8) is 0 Å². The maximum atomic E-state index is 12.0. The van der Waals surface area contributed by atoms with Crippen molar-refractivity contribution in [2.75, 3.05) is 40.8 Å². The smallest absolute Gasteiger partial charge is 0.326 e. The summed E-state index contributed by atoms with van der Waals surface area (Å²) in [6, 6.07) is -1.11. The molecule has 0 aliphatic carbocycles. The van der Waals surface area contributed by atoms with Crippen LogP contribution < -0.4 is 5.32 Å². The number of urea groups is 1. The molecule has 0 bridgehead atoms. The minimum atomic E-state index is -0.979. The molecule has 2 amide bonds. The Morgan fingerprint density at radius 1 is 1.40 bits per heavy atom. The molecule has 1 rings (SSSR count). The number of ether oxygens (including phenoxy) is 1. The van der Waals surface area contributed by atoms with E-state index in [0.717, 1.165) is 19.4 Å². The second-order valence-corrected chi connectivity index (χ2v) is 5.34. The lowest BCUT2D eigenvalue weighted by molar-refractivity contribution is -0.141. The number of rotatable bonds is 7. The van der Waals surface area contributed by atoms with E-state index in [9.17, 15) is 9.59 Å². The highest BCUT2D eigenvalue weighted by atomic mass is 16.5. The van der Waals surface area contributed by atoms with E-state index in [1.807, 2.05) is 14.1 Å². The molecule has 0 saturated carbocycles. The van der Waals surface area contributed by atoms with Gasteiger partial charge in [-0.25, -0.2) is 9.59 Å². The number of unbranched alkanes of at least 4 members (excludes halogenated alkanes) is 1. The van der Waals surface area contributed by atoms with E-state index in [0.29, 0.717) is 19.5 Å². The lowest BCUT2D eigenvalue weighted by Gasteiger charge is -2.21. The van der Waals surface area contributed by atoms with Crippen LogP contribution in [0.3, 0.4) is 0 Å². The number of carbonyl (C=O) groups excluding carboxylic acids is 1. The van der Waals surface area contributed by atoms with E-state index in [1.54, 1.807) is 0 Å². The van der Waals surface area contributed by atoms with Crippen LogP contribution in [0.25, 0.3) is 0 Å². The summed E-state index contributed by atoms with van der Waals surface area (Å²) in [5, 5.41) is 11.9. The number of nitrogens with one attached hydrogen (secondary N) is 1. The summed E-state index contributed by atoms with van der Waals surface area (Å²) in [5.41, 5.74) is 0. The first-order chi connectivity index (χ1) is 9.45. The highest BCUT2D eigenvalue weighted by Crippen LogP contribution is 2.20. The Morgan fingerprint density at radius 3 is 2.65 bits per heavy atom. The van der Waals surface area contributed by atoms with Gasteiger partial charge in [0.1, 0.15) is 6.04 Å². The van der Waals surface area contributed by atoms with Crippen LogP contribution in [0, 0.1) is 0 Å². The van der Waals surface area contributed by atoms with Crippen LogP contribution in [0.2, 0.25) is 0 Å². The zero-order chi connectivity index (χ0) is 15.1. The van der Waals surface area contributed by atoms with Gasteiger partial charge >= 0.3 is 12.0 Å². The number of carboxylic acids is 1. The van der Waals surface area contributed by atoms with Crippen LogP contribution in [0.4, 0.5) is 4.79 Å². The average molecular weight is 287 g/mol. The summed E-state index contributed by atoms with van der Waals surface area (Å²) in [5.74, 6) is -0.979. The number of carboxylic acid groups (broad SMARTS) is 1. The summed E-state index contributed by atoms with van der Waals surface area (Å²) >= 11 is 0. The molecular formula is C13H25N3O4. The van der Waals surface area contributed by atoms with E-state index >= 15 is 0 Å². The molecule has 2 atom stereocenters. The van der Waals surface area contributed by atoms with Crippen molar-refractivity contribution >= 4 is 12.0 Å². The van der Waals surface area contributed by atoms with Crippen molar-refractivity contribution < 1.29 is 19.4 Å². The summed E-state index contributed by atoms with van der Waals surface area (Å²) in [6.07, 6.45) is 2.02. The van der Waals surface area contributed by atoms with Gasteiger partial charge in [0, 0.05) is 26.6 Å². The van der Waals surface area contributed by atoms with Crippen molar-refractivity contribution in [1.29, 1.82) is 0 Å². The fraction of sp³-hybridized carbons (Fsp3) is 0.846. The van der Waals surface area contributed by atoms with E-state index in [-0.39, 0.29) is 12.1 Å². The molecule has 0 aromatic carbocycles. The minimum absolute atomic E-state index is 0.199. The number of aliphatic carboxylic acids is 1. The van der Waals surface area contributed by atoms with Gasteiger partial charge in [-0.1, -0.05) is 0 Å². The Kier molecular flexibility index (Phi) is 6.74. The van der Waals surface area contributed by atoms with E-state index < -0.39 is 12.0 Å². The third-order valence-electron chi connectivity index (χ3n) is 3.45. The molecule has 20 heavy (non-hydrogen) atoms. The third kappa shape index (κ3) is 4.97. The van der Waals surface area contributed by atoms with Crippen LogP contribution in [0.5, 0.6) is 0 Å². The quantitative estimate of drug-likeness (QED) is 0.654. The second kappa shape index (κ2) is 8.06. The van der Waals surface area contributed by atoms with Crippen LogP contribution in [0.15, 0.2) is 0 Å². The van der Waals surface area contributed by atoms with E-state index in [1.165, 1.54) is 12.0 Å². The molecule has 7 heteroatoms. The summed E-state index contributed by atoms with van der Waals surface area (Å²) in [7, 11) is 5.54. The number of carbonyl (C=O) groups is 2. The zero-order valence-electron chi connectivity index (χ0n) is 12.5. The van der Waals surface area contributed by atoms with Gasteiger partial charge in [0.05, 0.1) is 6.10 Å². The molecule has 116 valence electrons. The van der Waals surface area contributed by atoms with Crippen molar-refractivity contribution in [3.05, 3.63) is 0 Å². The molecule has 0 aromatic heterocycles. The summed E-state index contributed by atoms with van der Waals surface area (Å²) in [4.78, 5) is 26.6. The first kappa shape index (κ1) is 16.7. The molecule has 2 unspecified atom stereocenters. The van der Waals surface area contributed by atoms with Gasteiger partial charge in [0.2, 0.25) is 0 Å². The van der Waals surface area contributed by atoms with Gasteiger partial charge in [-0.3, -0.25) is 0 Å². The predicted molar refractivity (Wildman–Crippen MR) is 74.7 cm³/mol. The standard InChI is InChI=1S/C13H25N3O4/c1-15(2)7-5-4-6-14-13(19)16-9-10(20-3)8-11(16)12(17)18/h10-11H,4-9H2,1-3H3,(H,14,19)(H,17,18). The number of amides is 2. The van der Waals surface area contributed by atoms with E-state index in [4.69, 9.17) is 9.84 Å². The molecular weight excluding hydrogens is 262 g/mol. The van der Waals surface area contributed by atoms with Crippen LogP contribution in [-0.4, -0.2) is 79.9 Å². The number of hydrogen-bond acceptors (Lipinski definition) is 4. The maximum absolute atomic E-state index is 12.0. The molecule has 1 saturated heterocycles. The van der Waals surface area contributed by atoms with Crippen LogP contribution in [0.1, 0.15) is 19.3 Å². The Hall–Kier alpha value is -1.34. The molecule has 7 nitrogen and oxygen atoms in total. The monoisotopic (exact) mass is 287 g/mol. The molecule has 0 spiro atoms. The molecule has 1 fully saturated rings. The van der Waals surface area contributed by atoms with E-state index in [2.05, 4.69) is 10.2 Å². The third-order valence-corrected chi connectivity index (χ3v) is 3.45. The van der Waals surface area contributed by atoms with Crippen molar-refractivity contribution in [1.82, 2.24) is 15.1 Å². The van der Waals surface area contributed by atoms with Crippen LogP contribution in [-0.2, 0) is 9.53 Å². The molecule has 1 heterocycles. The first-order valence-corrected chi connectivity index (χ1v) is 6.90. The lowest BCUT2D eigenvalue weighted by Crippen LogP contribution is -2.46. The number of hydrogen-bond donors (Lipinski definition) is 2. The number of likely N-dealkylation sites (tertiary alicyclic amines) is 1. The van der Waals surface area contributed by atoms with Crippen molar-refractivity contribution in [3.8, 4) is 0 Å². The van der Waals surface area contributed by atoms with Crippen molar-refractivity contribution in [2.45, 2.75) is 31.4 Å². The number of nitrogens with zero attached hydrogens (tertiary/aromatic N) is 2. The largest absolute Gasteiger partial charge is 0.480 e. The molecule has 0 aromatic rings. The topological polar surface area (TPSA) is 82.1 Å². The van der Waals surface area contributed by atoms with Gasteiger partial charge in [0.25, 0.3) is 0 Å². The fourth-order valence-electron chi connectivity index (χ4n) is 2.28. The second-order valence-electron chi connectivity index (χ2n) is 5.34. The van der Waals surface area contributed by atoms with Gasteiger partial charge in [-0.05, 0) is 33.5 Å². The number of methoxy groups -OCH3 is 1. The Balaban J connectivity index is 2.35. The SMILES string of the molecule is COC1CC(C(=O)O)N(C(=O)NCCCCN(C)C)C1. The minimum Gasteiger partial charge on any atom is -0.480 e. The summed E-state index contributed by atoms with van der Waals surface area (Å²) in [6.45, 7) is 1.87. The van der Waals surface area contributed by atoms with Gasteiger partial charge in [-0.2, -0.15) is 0 Å². The molecule has 2 N–H and O–H groups in total. The normalized spacial score (nSPS) is 22.3. The average Bonchev–Trinajstić information content (AvgIpc) is 2.82. The highest BCUT2D eigenvalue weighted by molar-refractivity contribution is 5.83. The molecule has 1 aliphatic rings. The summed E-state index contributed by atoms with van der Waals surface area (Å²) < 4.78 is 5.15. The van der Waals surface area contributed by atoms with Crippen molar-refractivity contribution in [2.24, 2.45) is 0 Å². The Morgan fingerprint density at radius 2 is 2.10 bits per heavy atom. The zero-order valence-corrected chi connectivity index (χ0v) is 12.5. The van der Waals surface area contributed by atoms with Crippen LogP contribution >= 0.6 is 0 Å². The lowest BCUT2D eigenvalue weighted by atomic mass is 10.2. The highest BCUT2D eigenvalue weighted by Gasteiger charge is 2.39. The van der Waals surface area contributed by atoms with Gasteiger partial charge < -0.3 is 25.0 Å². The maximum Gasteiger partial charge on any atom is 0.326 e. The fourth-order valence-corrected chi connectivity index (χ4v) is 2.28. The Bertz CT molecular complexity index is 336. The molecule has 1 aliphatic heterocycles. The molecule has 0 radical (unpaired) electrons. The Labute approximate surface area is 119 Å². The van der Waals surface area contributed by atoms with Gasteiger partial charge in [0.15, 0.2) is 0 Å². The first-order valence-electron chi connectivity index (χ1n) is 6.90.